The van der Waals surface area contributed by atoms with E-state index in [-0.39, 0.29) is 29.6 Å². The van der Waals surface area contributed by atoms with Crippen molar-refractivity contribution in [2.24, 2.45) is 0 Å². The third kappa shape index (κ3) is 5.99. The molecular formula is C8H13ClO4S. The highest BCUT2D eigenvalue weighted by Crippen LogP contribution is 1.96. The third-order valence-corrected chi connectivity index (χ3v) is 3.39. The minimum Gasteiger partial charge on any atom is -0.461 e. The Morgan fingerprint density at radius 3 is 2.43 bits per heavy atom. The molecule has 0 aliphatic carbocycles. The van der Waals surface area contributed by atoms with E-state index < -0.39 is 15.8 Å². The zero-order valence-corrected chi connectivity index (χ0v) is 9.53. The van der Waals surface area contributed by atoms with Gasteiger partial charge in [-0.25, -0.2) is 13.2 Å². The highest BCUT2D eigenvalue weighted by Gasteiger charge is 2.11. The molecule has 0 aromatic rings. The standard InChI is InChI=1S/C8H13ClO4S/c1-7(2)8(10)13-4-6-14(11,12)5-3-9/h1,3-6H2,2H3. The molecule has 0 saturated heterocycles. The summed E-state index contributed by atoms with van der Waals surface area (Å²) < 4.78 is 26.8. The monoisotopic (exact) mass is 240 g/mol. The summed E-state index contributed by atoms with van der Waals surface area (Å²) >= 11 is 5.28. The Kier molecular flexibility index (Phi) is 5.79. The fourth-order valence-electron chi connectivity index (χ4n) is 0.604. The third-order valence-electron chi connectivity index (χ3n) is 1.36. The van der Waals surface area contributed by atoms with E-state index in [1.54, 1.807) is 0 Å². The Balaban J connectivity index is 3.86. The second kappa shape index (κ2) is 6.03. The molecule has 4 nitrogen and oxygen atoms in total. The Morgan fingerprint density at radius 2 is 2.00 bits per heavy atom. The van der Waals surface area contributed by atoms with Gasteiger partial charge in [-0.2, -0.15) is 0 Å². The van der Waals surface area contributed by atoms with Crippen molar-refractivity contribution in [2.45, 2.75) is 6.92 Å². The van der Waals surface area contributed by atoms with Gasteiger partial charge in [0, 0.05) is 11.5 Å². The lowest BCUT2D eigenvalue weighted by molar-refractivity contribution is -0.138. The molecule has 14 heavy (non-hydrogen) atoms. The van der Waals surface area contributed by atoms with Crippen molar-refractivity contribution in [2.75, 3.05) is 24.0 Å². The number of carbonyl (C=O) groups excluding carboxylic acids is 1. The molecule has 0 aromatic heterocycles. The average Bonchev–Trinajstić information content (AvgIpc) is 2.03. The molecule has 0 aromatic carbocycles. The molecule has 0 aliphatic heterocycles. The smallest absolute Gasteiger partial charge is 0.333 e. The van der Waals surface area contributed by atoms with Crippen molar-refractivity contribution in [1.82, 2.24) is 0 Å². The average molecular weight is 241 g/mol. The first-order valence-corrected chi connectivity index (χ1v) is 6.33. The lowest BCUT2D eigenvalue weighted by Gasteiger charge is -2.04. The maximum absolute atomic E-state index is 11.1. The van der Waals surface area contributed by atoms with Crippen molar-refractivity contribution in [3.05, 3.63) is 12.2 Å². The Morgan fingerprint density at radius 1 is 1.43 bits per heavy atom. The van der Waals surface area contributed by atoms with E-state index in [0.717, 1.165) is 0 Å². The maximum atomic E-state index is 11.1. The van der Waals surface area contributed by atoms with Gasteiger partial charge in [-0.3, -0.25) is 0 Å². The van der Waals surface area contributed by atoms with E-state index >= 15 is 0 Å². The summed E-state index contributed by atoms with van der Waals surface area (Å²) in [5.41, 5.74) is 0.250. The zero-order chi connectivity index (χ0) is 11.2. The number of ether oxygens (including phenoxy) is 1. The van der Waals surface area contributed by atoms with Gasteiger partial charge in [0.1, 0.15) is 6.61 Å². The fourth-order valence-corrected chi connectivity index (χ4v) is 2.09. The number of alkyl halides is 1. The summed E-state index contributed by atoms with van der Waals surface area (Å²) in [6.45, 7) is 4.71. The zero-order valence-electron chi connectivity index (χ0n) is 7.95. The molecule has 0 atom stereocenters. The molecular weight excluding hydrogens is 228 g/mol. The summed E-state index contributed by atoms with van der Waals surface area (Å²) in [6.07, 6.45) is 0. The van der Waals surface area contributed by atoms with Gasteiger partial charge in [0.2, 0.25) is 0 Å². The predicted octanol–water partition coefficient (Wildman–Crippen LogP) is 0.759. The van der Waals surface area contributed by atoms with Crippen LogP contribution in [-0.4, -0.2) is 38.4 Å². The SMILES string of the molecule is C=C(C)C(=O)OCCS(=O)(=O)CCCl. The molecule has 0 radical (unpaired) electrons. The normalized spacial score (nSPS) is 11.0. The van der Waals surface area contributed by atoms with Gasteiger partial charge < -0.3 is 4.74 Å². The van der Waals surface area contributed by atoms with Gasteiger partial charge in [-0.15, -0.1) is 11.6 Å². The molecule has 0 rings (SSSR count). The second-order valence-corrected chi connectivity index (χ2v) is 5.44. The first-order chi connectivity index (χ1) is 6.39. The largest absolute Gasteiger partial charge is 0.461 e. The lowest BCUT2D eigenvalue weighted by Crippen LogP contribution is -2.18. The molecule has 6 heteroatoms. The molecule has 0 unspecified atom stereocenters. The topological polar surface area (TPSA) is 60.4 Å². The van der Waals surface area contributed by atoms with E-state index in [1.807, 2.05) is 0 Å². The van der Waals surface area contributed by atoms with Crippen molar-refractivity contribution in [3.8, 4) is 0 Å². The summed E-state index contributed by atoms with van der Waals surface area (Å²) in [6, 6.07) is 0. The van der Waals surface area contributed by atoms with Crippen LogP contribution in [0.4, 0.5) is 0 Å². The molecule has 0 fully saturated rings. The fraction of sp³-hybridized carbons (Fsp3) is 0.625. The highest BCUT2D eigenvalue weighted by atomic mass is 35.5. The minimum absolute atomic E-state index is 0.0523. The van der Waals surface area contributed by atoms with E-state index in [2.05, 4.69) is 11.3 Å². The number of carbonyl (C=O) groups is 1. The van der Waals surface area contributed by atoms with Crippen LogP contribution >= 0.6 is 11.6 Å². The Hall–Kier alpha value is -0.550. The van der Waals surface area contributed by atoms with E-state index in [9.17, 15) is 13.2 Å². The van der Waals surface area contributed by atoms with Gasteiger partial charge >= 0.3 is 5.97 Å². The van der Waals surface area contributed by atoms with Gasteiger partial charge in [-0.05, 0) is 6.92 Å². The molecule has 0 heterocycles. The number of halogens is 1. The van der Waals surface area contributed by atoms with Crippen LogP contribution < -0.4 is 0 Å². The van der Waals surface area contributed by atoms with Crippen LogP contribution in [0.25, 0.3) is 0 Å². The first kappa shape index (κ1) is 13.4. The van der Waals surface area contributed by atoms with Crippen molar-refractivity contribution in [1.29, 1.82) is 0 Å². The van der Waals surface area contributed by atoms with Crippen molar-refractivity contribution < 1.29 is 17.9 Å². The molecule has 0 saturated carbocycles. The summed E-state index contributed by atoms with van der Waals surface area (Å²) in [4.78, 5) is 10.8. The number of esters is 1. The minimum atomic E-state index is -3.19. The summed E-state index contributed by atoms with van der Waals surface area (Å²) in [7, 11) is -3.19. The quantitative estimate of drug-likeness (QED) is 0.391. The molecule has 0 amide bonds. The van der Waals surface area contributed by atoms with E-state index in [1.165, 1.54) is 6.92 Å². The van der Waals surface area contributed by atoms with Crippen LogP contribution in [0.5, 0.6) is 0 Å². The highest BCUT2D eigenvalue weighted by molar-refractivity contribution is 7.91. The van der Waals surface area contributed by atoms with Crippen LogP contribution in [0.1, 0.15) is 6.92 Å². The second-order valence-electron chi connectivity index (χ2n) is 2.76. The maximum Gasteiger partial charge on any atom is 0.333 e. The first-order valence-electron chi connectivity index (χ1n) is 3.98. The molecule has 82 valence electrons. The molecule has 0 aliphatic rings. The van der Waals surface area contributed by atoms with Crippen molar-refractivity contribution in [3.63, 3.8) is 0 Å². The summed E-state index contributed by atoms with van der Waals surface area (Å²) in [5.74, 6) is -0.819. The Labute approximate surface area is 88.8 Å². The van der Waals surface area contributed by atoms with Crippen LogP contribution in [0, 0.1) is 0 Å². The van der Waals surface area contributed by atoms with Crippen LogP contribution in [0.2, 0.25) is 0 Å². The number of hydrogen-bond donors (Lipinski definition) is 0. The van der Waals surface area contributed by atoms with Crippen LogP contribution in [0.15, 0.2) is 12.2 Å². The predicted molar refractivity (Wildman–Crippen MR) is 55.1 cm³/mol. The van der Waals surface area contributed by atoms with Gasteiger partial charge in [0.25, 0.3) is 0 Å². The van der Waals surface area contributed by atoms with Crippen LogP contribution in [0.3, 0.4) is 0 Å². The molecule has 0 N–H and O–H groups in total. The lowest BCUT2D eigenvalue weighted by atomic mass is 10.4. The van der Waals surface area contributed by atoms with Crippen molar-refractivity contribution >= 4 is 27.4 Å². The Bertz CT molecular complexity index is 307. The number of hydrogen-bond acceptors (Lipinski definition) is 4. The number of sulfone groups is 1. The molecule has 0 bridgehead atoms. The van der Waals surface area contributed by atoms with E-state index in [0.29, 0.717) is 0 Å². The van der Waals surface area contributed by atoms with Gasteiger partial charge in [0.15, 0.2) is 9.84 Å². The van der Waals surface area contributed by atoms with Crippen LogP contribution in [-0.2, 0) is 19.4 Å². The van der Waals surface area contributed by atoms with E-state index in [4.69, 9.17) is 11.6 Å². The number of rotatable bonds is 6. The molecule has 0 spiro atoms. The summed E-state index contributed by atoms with van der Waals surface area (Å²) in [5, 5.41) is 0. The van der Waals surface area contributed by atoms with Gasteiger partial charge in [0.05, 0.1) is 11.5 Å². The van der Waals surface area contributed by atoms with Gasteiger partial charge in [-0.1, -0.05) is 6.58 Å².